The third kappa shape index (κ3) is 14.7. The smallest absolute Gasteiger partial charge is 0.505 e. The molecule has 65 heavy (non-hydrogen) atoms. The first-order valence-electron chi connectivity index (χ1n) is 15.4. The summed E-state index contributed by atoms with van der Waals surface area (Å²) < 4.78 is 135. The number of fused-ring (bicyclic) bond motifs is 2. The summed E-state index contributed by atoms with van der Waals surface area (Å²) in [6.45, 7) is 0. The zero-order chi connectivity index (χ0) is 43.6. The van der Waals surface area contributed by atoms with Gasteiger partial charge in [0, 0.05) is 56.3 Å². The minimum atomic E-state index is -5.17. The SMILES string of the molecule is O=S(=O)(O)c1cc(Cl)c(O)c(N=Nc2c(S(=O)(=O)O)cc3cc(Nc4ccc5c(O)c(N=Nc6cc(S(=O)(=O)O)cc(Cl)c6O)c(S(=O)(=O)O)cc5c4)ccc3c2O)c1.[Cu].[Cu].[Na+].[Na+].[Na+].[Na+]. The molecule has 6 aromatic rings. The van der Waals surface area contributed by atoms with E-state index in [0.29, 0.717) is 24.3 Å². The Morgan fingerprint density at radius 1 is 0.431 bits per heavy atom. The maximum atomic E-state index is 12.4. The van der Waals surface area contributed by atoms with E-state index in [2.05, 4.69) is 25.8 Å². The Labute approximate surface area is 488 Å². The van der Waals surface area contributed by atoms with Gasteiger partial charge in [-0.05, 0) is 83.6 Å². The molecule has 0 spiro atoms. The summed E-state index contributed by atoms with van der Waals surface area (Å²) in [6, 6.07) is 12.4. The first-order chi connectivity index (χ1) is 27.2. The van der Waals surface area contributed by atoms with Crippen molar-refractivity contribution < 1.29 is 225 Å². The van der Waals surface area contributed by atoms with Crippen molar-refractivity contribution in [2.24, 2.45) is 20.5 Å². The van der Waals surface area contributed by atoms with Crippen LogP contribution in [0.2, 0.25) is 10.0 Å². The summed E-state index contributed by atoms with van der Waals surface area (Å²) in [5, 5.41) is 58.5. The normalized spacial score (nSPS) is 11.7. The number of azo groups is 2. The van der Waals surface area contributed by atoms with Crippen LogP contribution in [-0.4, -0.2) is 72.3 Å². The van der Waals surface area contributed by atoms with E-state index in [0.717, 1.165) is 12.1 Å². The van der Waals surface area contributed by atoms with Gasteiger partial charge in [0.1, 0.15) is 32.5 Å². The Hall–Kier alpha value is -0.701. The molecule has 0 saturated carbocycles. The van der Waals surface area contributed by atoms with Gasteiger partial charge in [0.25, 0.3) is 40.5 Å². The maximum Gasteiger partial charge on any atom is 1.00 e. The third-order valence-electron chi connectivity index (χ3n) is 8.09. The molecule has 6 rings (SSSR count). The zero-order valence-electron chi connectivity index (χ0n) is 33.1. The second-order valence-corrected chi connectivity index (χ2v) is 18.4. The number of hydrogen-bond donors (Lipinski definition) is 9. The first kappa shape index (κ1) is 64.3. The van der Waals surface area contributed by atoms with Crippen LogP contribution in [0.1, 0.15) is 0 Å². The molecular formula is C32H21Cl2Cu2N5Na4O16S4+4. The van der Waals surface area contributed by atoms with Crippen molar-refractivity contribution in [1.82, 2.24) is 0 Å². The Bertz CT molecular complexity index is 3140. The van der Waals surface area contributed by atoms with Gasteiger partial charge in [-0.2, -0.15) is 33.7 Å². The van der Waals surface area contributed by atoms with E-state index in [4.69, 9.17) is 23.2 Å². The van der Waals surface area contributed by atoms with Crippen molar-refractivity contribution >= 4 is 119 Å². The molecule has 6 aromatic carbocycles. The number of nitrogens with zero attached hydrogens (tertiary/aromatic N) is 4. The van der Waals surface area contributed by atoms with Crippen LogP contribution in [0.3, 0.4) is 0 Å². The van der Waals surface area contributed by atoms with Gasteiger partial charge in [-0.15, -0.1) is 20.5 Å². The van der Waals surface area contributed by atoms with Crippen LogP contribution in [0.15, 0.2) is 113 Å². The molecule has 0 aliphatic carbocycles. The number of phenolic OH excluding ortho intramolecular Hbond substituents is 4. The molecule has 0 fully saturated rings. The summed E-state index contributed by atoms with van der Waals surface area (Å²) in [7, 11) is -20.1. The topological polar surface area (TPSA) is 360 Å². The average molecular weight is 1150 g/mol. The fourth-order valence-corrected chi connectivity index (χ4v) is 8.32. The number of hydrogen-bond acceptors (Lipinski definition) is 17. The molecule has 9 N–H and O–H groups in total. The van der Waals surface area contributed by atoms with E-state index in [-0.39, 0.29) is 185 Å². The van der Waals surface area contributed by atoms with Crippen LogP contribution in [0.25, 0.3) is 21.5 Å². The molecule has 330 valence electrons. The minimum Gasteiger partial charge on any atom is -0.505 e. The second-order valence-electron chi connectivity index (χ2n) is 12.0. The van der Waals surface area contributed by atoms with Crippen LogP contribution < -0.4 is 124 Å². The molecule has 0 unspecified atom stereocenters. The molecule has 33 heteroatoms. The van der Waals surface area contributed by atoms with Gasteiger partial charge in [0.2, 0.25) is 0 Å². The predicted octanol–water partition coefficient (Wildman–Crippen LogP) is -4.31. The third-order valence-corrected chi connectivity index (χ3v) is 12.1. The van der Waals surface area contributed by atoms with Gasteiger partial charge in [0.05, 0.1) is 19.8 Å². The standard InChI is InChI=1S/C32H21Cl2N5O16S4.2Cu.4Na/c33-21-9-17(56(44,45)46)11-23(31(21)42)36-38-27-25(58(50,51)52)7-13-5-15(1-3-19(13)29(27)40)35-16-2-4-20-14(6-16)8-26(59(53,54)55)28(30(20)41)39-37-24-12-18(57(47,48)49)10-22(34)32(24)43;;;;;;/h1-12,35,40-43H,(H,44,45,46)(H,47,48,49)(H,50,51,52)(H,53,54,55);;;;;;/q;;;4*+1. The molecule has 0 aliphatic rings. The molecule has 0 aromatic heterocycles. The Morgan fingerprint density at radius 2 is 0.754 bits per heavy atom. The predicted molar refractivity (Wildman–Crippen MR) is 208 cm³/mol. The van der Waals surface area contributed by atoms with Gasteiger partial charge < -0.3 is 25.7 Å². The maximum absolute atomic E-state index is 12.4. The first-order valence-corrected chi connectivity index (χ1v) is 21.9. The Kier molecular flexibility index (Phi) is 24.2. The molecule has 0 saturated heterocycles. The number of phenols is 4. The van der Waals surface area contributed by atoms with E-state index in [1.165, 1.54) is 36.4 Å². The van der Waals surface area contributed by atoms with Crippen LogP contribution >= 0.6 is 23.2 Å². The van der Waals surface area contributed by atoms with E-state index < -0.39 is 116 Å². The van der Waals surface area contributed by atoms with Gasteiger partial charge in [-0.3, -0.25) is 18.2 Å². The molecule has 0 heterocycles. The molecule has 0 atom stereocenters. The fourth-order valence-electron chi connectivity index (χ4n) is 5.39. The van der Waals surface area contributed by atoms with Crippen LogP contribution in [0.5, 0.6) is 23.0 Å². The fraction of sp³-hybridized carbons (Fsp3) is 0. The van der Waals surface area contributed by atoms with E-state index in [1.807, 2.05) is 0 Å². The second kappa shape index (κ2) is 24.4. The van der Waals surface area contributed by atoms with Crippen LogP contribution in [0.4, 0.5) is 34.1 Å². The van der Waals surface area contributed by atoms with E-state index >= 15 is 0 Å². The van der Waals surface area contributed by atoms with Crippen molar-refractivity contribution in [3.05, 3.63) is 82.8 Å². The van der Waals surface area contributed by atoms with Crippen molar-refractivity contribution in [1.29, 1.82) is 0 Å². The summed E-state index contributed by atoms with van der Waals surface area (Å²) in [5.41, 5.74) is -2.64. The van der Waals surface area contributed by atoms with E-state index in [9.17, 15) is 72.3 Å². The number of anilines is 2. The summed E-state index contributed by atoms with van der Waals surface area (Å²) in [5.74, 6) is -3.35. The molecule has 0 amide bonds. The summed E-state index contributed by atoms with van der Waals surface area (Å²) >= 11 is 11.6. The molecule has 21 nitrogen and oxygen atoms in total. The Balaban J connectivity index is 0.00000683. The van der Waals surface area contributed by atoms with Gasteiger partial charge >= 0.3 is 118 Å². The van der Waals surface area contributed by atoms with Crippen LogP contribution in [0, 0.1) is 0 Å². The molecular weight excluding hydrogens is 1130 g/mol. The number of rotatable bonds is 10. The number of aromatic hydroxyl groups is 4. The van der Waals surface area contributed by atoms with Gasteiger partial charge in [-0.25, -0.2) is 0 Å². The number of nitrogens with one attached hydrogen (secondary N) is 1. The van der Waals surface area contributed by atoms with Crippen molar-refractivity contribution in [2.75, 3.05) is 5.32 Å². The van der Waals surface area contributed by atoms with Gasteiger partial charge in [0.15, 0.2) is 23.0 Å². The van der Waals surface area contributed by atoms with Crippen molar-refractivity contribution in [3.63, 3.8) is 0 Å². The van der Waals surface area contributed by atoms with Gasteiger partial charge in [-0.1, -0.05) is 23.2 Å². The van der Waals surface area contributed by atoms with Crippen LogP contribution in [-0.2, 0) is 74.6 Å². The average Bonchev–Trinajstić information content (AvgIpc) is 3.11. The monoisotopic (exact) mass is 1150 g/mol. The summed E-state index contributed by atoms with van der Waals surface area (Å²) in [6.07, 6.45) is 0. The summed E-state index contributed by atoms with van der Waals surface area (Å²) in [4.78, 5) is -3.59. The van der Waals surface area contributed by atoms with E-state index in [1.54, 1.807) is 0 Å². The largest absolute Gasteiger partial charge is 1.00 e. The molecule has 0 bridgehead atoms. The molecule has 2 radical (unpaired) electrons. The number of halogens is 2. The van der Waals surface area contributed by atoms with Crippen molar-refractivity contribution in [3.8, 4) is 23.0 Å². The minimum absolute atomic E-state index is 0. The Morgan fingerprint density at radius 3 is 1.05 bits per heavy atom. The quantitative estimate of drug-likeness (QED) is 0.0356. The zero-order valence-corrected chi connectivity index (χ0v) is 47.7. The molecule has 0 aliphatic heterocycles. The number of benzene rings is 6. The van der Waals surface area contributed by atoms with Crippen molar-refractivity contribution in [2.45, 2.75) is 19.6 Å².